The summed E-state index contributed by atoms with van der Waals surface area (Å²) in [6.45, 7) is 2.14. The van der Waals surface area contributed by atoms with Gasteiger partial charge in [-0.15, -0.1) is 0 Å². The number of hydrogen-bond donors (Lipinski definition) is 1. The first-order chi connectivity index (χ1) is 9.72. The number of fused-ring (bicyclic) bond motifs is 1. The van der Waals surface area contributed by atoms with Crippen LogP contribution in [0.4, 0.5) is 5.82 Å². The zero-order valence-electron chi connectivity index (χ0n) is 11.8. The lowest BCUT2D eigenvalue weighted by molar-refractivity contribution is 0.764. The Hall–Kier alpha value is -2.36. The molecule has 0 unspecified atom stereocenters. The van der Waals surface area contributed by atoms with Crippen molar-refractivity contribution in [2.45, 2.75) is 19.8 Å². The summed E-state index contributed by atoms with van der Waals surface area (Å²) < 4.78 is 1.97. The van der Waals surface area contributed by atoms with Gasteiger partial charge < -0.3 is 10.3 Å². The summed E-state index contributed by atoms with van der Waals surface area (Å²) in [5, 5.41) is 2.24. The van der Waals surface area contributed by atoms with Gasteiger partial charge in [0.25, 0.3) is 0 Å². The van der Waals surface area contributed by atoms with E-state index in [1.165, 1.54) is 0 Å². The number of aromatic nitrogens is 3. The summed E-state index contributed by atoms with van der Waals surface area (Å²) >= 11 is 0. The van der Waals surface area contributed by atoms with Crippen LogP contribution in [0.15, 0.2) is 36.7 Å². The smallest absolute Gasteiger partial charge is 0.131 e. The number of rotatable bonds is 3. The van der Waals surface area contributed by atoms with Crippen LogP contribution in [-0.4, -0.2) is 14.5 Å². The molecule has 4 heteroatoms. The first kappa shape index (κ1) is 12.7. The first-order valence-electron chi connectivity index (χ1n) is 6.86. The van der Waals surface area contributed by atoms with Gasteiger partial charge in [0, 0.05) is 36.8 Å². The van der Waals surface area contributed by atoms with Crippen molar-refractivity contribution in [3.8, 4) is 11.3 Å². The lowest BCUT2D eigenvalue weighted by Crippen LogP contribution is -2.01. The molecule has 0 saturated carbocycles. The van der Waals surface area contributed by atoms with Crippen molar-refractivity contribution in [3.05, 3.63) is 42.5 Å². The van der Waals surface area contributed by atoms with Crippen molar-refractivity contribution in [2.24, 2.45) is 7.05 Å². The quantitative estimate of drug-likeness (QED) is 0.792. The molecule has 0 aliphatic carbocycles. The van der Waals surface area contributed by atoms with Crippen LogP contribution >= 0.6 is 0 Å². The first-order valence-corrected chi connectivity index (χ1v) is 6.86. The average Bonchev–Trinajstić information content (AvgIpc) is 2.76. The number of benzene rings is 1. The third-order valence-corrected chi connectivity index (χ3v) is 3.63. The van der Waals surface area contributed by atoms with Crippen molar-refractivity contribution in [1.29, 1.82) is 0 Å². The minimum absolute atomic E-state index is 0.701. The van der Waals surface area contributed by atoms with E-state index in [9.17, 15) is 0 Å². The molecule has 0 amide bonds. The summed E-state index contributed by atoms with van der Waals surface area (Å²) in [7, 11) is 1.97. The van der Waals surface area contributed by atoms with Gasteiger partial charge in [-0.25, -0.2) is 4.98 Å². The minimum atomic E-state index is 0.701. The molecule has 1 aromatic carbocycles. The van der Waals surface area contributed by atoms with E-state index in [-0.39, 0.29) is 0 Å². The molecule has 0 aliphatic heterocycles. The summed E-state index contributed by atoms with van der Waals surface area (Å²) in [4.78, 5) is 9.03. The van der Waals surface area contributed by atoms with Gasteiger partial charge in [0.05, 0.1) is 0 Å². The lowest BCUT2D eigenvalue weighted by atomic mass is 10.1. The van der Waals surface area contributed by atoms with Crippen molar-refractivity contribution in [3.63, 3.8) is 0 Å². The Kier molecular flexibility index (Phi) is 3.14. The zero-order valence-corrected chi connectivity index (χ0v) is 11.8. The van der Waals surface area contributed by atoms with Crippen molar-refractivity contribution in [2.75, 3.05) is 5.73 Å². The monoisotopic (exact) mass is 266 g/mol. The fourth-order valence-corrected chi connectivity index (χ4v) is 2.51. The van der Waals surface area contributed by atoms with Gasteiger partial charge in [-0.1, -0.05) is 31.2 Å². The molecule has 0 fully saturated rings. The molecule has 2 heterocycles. The Morgan fingerprint density at radius 2 is 2.00 bits per heavy atom. The predicted octanol–water partition coefficient (Wildman–Crippen LogP) is 3.17. The molecule has 4 nitrogen and oxygen atoms in total. The molecule has 2 N–H and O–H groups in total. The molecular weight excluding hydrogens is 248 g/mol. The Morgan fingerprint density at radius 3 is 2.80 bits per heavy atom. The molecular formula is C16H18N4. The molecule has 0 radical (unpaired) electrons. The molecule has 102 valence electrons. The van der Waals surface area contributed by atoms with Crippen LogP contribution in [0.2, 0.25) is 0 Å². The summed E-state index contributed by atoms with van der Waals surface area (Å²) in [6.07, 6.45) is 5.69. The van der Waals surface area contributed by atoms with E-state index in [2.05, 4.69) is 24.0 Å². The maximum atomic E-state index is 6.23. The number of imidazole rings is 1. The highest BCUT2D eigenvalue weighted by molar-refractivity contribution is 5.96. The summed E-state index contributed by atoms with van der Waals surface area (Å²) in [6, 6.07) is 8.17. The summed E-state index contributed by atoms with van der Waals surface area (Å²) in [5.41, 5.74) is 8.06. The number of hydrogen-bond acceptors (Lipinski definition) is 3. The van der Waals surface area contributed by atoms with Gasteiger partial charge in [0.1, 0.15) is 17.3 Å². The Balaban J connectivity index is 2.23. The second kappa shape index (κ2) is 4.96. The van der Waals surface area contributed by atoms with E-state index in [4.69, 9.17) is 10.7 Å². The van der Waals surface area contributed by atoms with Crippen LogP contribution in [0.5, 0.6) is 0 Å². The summed E-state index contributed by atoms with van der Waals surface area (Å²) in [5.74, 6) is 1.72. The van der Waals surface area contributed by atoms with E-state index in [0.29, 0.717) is 5.82 Å². The van der Waals surface area contributed by atoms with E-state index < -0.39 is 0 Å². The third-order valence-electron chi connectivity index (χ3n) is 3.63. The highest BCUT2D eigenvalue weighted by Crippen LogP contribution is 2.31. The molecule has 0 aliphatic rings. The Labute approximate surface area is 118 Å². The maximum absolute atomic E-state index is 6.23. The molecule has 2 aromatic heterocycles. The van der Waals surface area contributed by atoms with E-state index >= 15 is 0 Å². The standard InChI is InChI=1S/C16H18N4/c1-3-6-14-19-15(16(17)20(14)2)13-10-18-9-11-7-4-5-8-12(11)13/h4-5,7-10H,3,6,17H2,1-2H3. The predicted molar refractivity (Wildman–Crippen MR) is 82.4 cm³/mol. The van der Waals surface area contributed by atoms with Crippen LogP contribution in [-0.2, 0) is 13.5 Å². The van der Waals surface area contributed by atoms with Crippen LogP contribution in [0.25, 0.3) is 22.0 Å². The number of aryl methyl sites for hydroxylation is 1. The van der Waals surface area contributed by atoms with Gasteiger partial charge in [-0.05, 0) is 11.8 Å². The number of nitrogen functional groups attached to an aromatic ring is 1. The van der Waals surface area contributed by atoms with Gasteiger partial charge in [0.15, 0.2) is 0 Å². The molecule has 0 atom stereocenters. The molecule has 0 spiro atoms. The van der Waals surface area contributed by atoms with Gasteiger partial charge >= 0.3 is 0 Å². The van der Waals surface area contributed by atoms with Gasteiger partial charge in [-0.3, -0.25) is 4.98 Å². The van der Waals surface area contributed by atoms with E-state index in [0.717, 1.165) is 40.7 Å². The maximum Gasteiger partial charge on any atom is 0.131 e. The normalized spacial score (nSPS) is 11.1. The Morgan fingerprint density at radius 1 is 1.20 bits per heavy atom. The highest BCUT2D eigenvalue weighted by Gasteiger charge is 2.15. The third kappa shape index (κ3) is 1.93. The largest absolute Gasteiger partial charge is 0.383 e. The Bertz CT molecular complexity index is 753. The minimum Gasteiger partial charge on any atom is -0.383 e. The topological polar surface area (TPSA) is 56.7 Å². The van der Waals surface area contributed by atoms with Crippen LogP contribution < -0.4 is 5.73 Å². The number of pyridine rings is 1. The van der Waals surface area contributed by atoms with E-state index in [1.54, 1.807) is 0 Å². The van der Waals surface area contributed by atoms with Crippen molar-refractivity contribution < 1.29 is 0 Å². The molecule has 3 rings (SSSR count). The van der Waals surface area contributed by atoms with Crippen LogP contribution in [0.3, 0.4) is 0 Å². The lowest BCUT2D eigenvalue weighted by Gasteiger charge is -2.04. The molecule has 0 saturated heterocycles. The molecule has 20 heavy (non-hydrogen) atoms. The van der Waals surface area contributed by atoms with Gasteiger partial charge in [-0.2, -0.15) is 0 Å². The fourth-order valence-electron chi connectivity index (χ4n) is 2.51. The second-order valence-corrected chi connectivity index (χ2v) is 4.98. The number of anilines is 1. The van der Waals surface area contributed by atoms with E-state index in [1.807, 2.05) is 36.1 Å². The van der Waals surface area contributed by atoms with Gasteiger partial charge in [0.2, 0.25) is 0 Å². The number of nitrogens with two attached hydrogens (primary N) is 1. The SMILES string of the molecule is CCCc1nc(-c2cncc3ccccc23)c(N)n1C. The number of nitrogens with zero attached hydrogens (tertiary/aromatic N) is 3. The average molecular weight is 266 g/mol. The molecule has 3 aromatic rings. The second-order valence-electron chi connectivity index (χ2n) is 4.98. The zero-order chi connectivity index (χ0) is 14.1. The fraction of sp³-hybridized carbons (Fsp3) is 0.250. The highest BCUT2D eigenvalue weighted by atomic mass is 15.1. The van der Waals surface area contributed by atoms with Crippen LogP contribution in [0, 0.1) is 0 Å². The van der Waals surface area contributed by atoms with Crippen LogP contribution in [0.1, 0.15) is 19.2 Å². The van der Waals surface area contributed by atoms with Crippen molar-refractivity contribution >= 4 is 16.6 Å². The molecule has 0 bridgehead atoms. The van der Waals surface area contributed by atoms with Crippen molar-refractivity contribution in [1.82, 2.24) is 14.5 Å².